The van der Waals surface area contributed by atoms with Gasteiger partial charge in [0.2, 0.25) is 0 Å². The highest BCUT2D eigenvalue weighted by molar-refractivity contribution is 6.09. The van der Waals surface area contributed by atoms with Crippen LogP contribution in [0, 0.1) is 0 Å². The van der Waals surface area contributed by atoms with E-state index in [1.54, 1.807) is 0 Å². The van der Waals surface area contributed by atoms with Gasteiger partial charge in [-0.2, -0.15) is 5.10 Å². The lowest BCUT2D eigenvalue weighted by atomic mass is 9.91. The third-order valence-electron chi connectivity index (χ3n) is 5.32. The van der Waals surface area contributed by atoms with Crippen molar-refractivity contribution in [2.24, 2.45) is 5.10 Å². The van der Waals surface area contributed by atoms with Crippen LogP contribution >= 0.6 is 0 Å². The van der Waals surface area contributed by atoms with E-state index in [-0.39, 0.29) is 5.91 Å². The molecule has 0 bridgehead atoms. The monoisotopic (exact) mass is 442 g/mol. The zero-order valence-corrected chi connectivity index (χ0v) is 18.8. The summed E-state index contributed by atoms with van der Waals surface area (Å²) in [6, 6.07) is 39.5. The van der Waals surface area contributed by atoms with E-state index in [4.69, 9.17) is 0 Å². The highest BCUT2D eigenvalue weighted by Gasteiger charge is 2.22. The van der Waals surface area contributed by atoms with Gasteiger partial charge in [0.15, 0.2) is 0 Å². The Bertz CT molecular complexity index is 1170. The first-order valence-electron chi connectivity index (χ1n) is 11.2. The minimum atomic E-state index is -0.455. The van der Waals surface area contributed by atoms with Gasteiger partial charge in [-0.25, -0.2) is 5.43 Å². The summed E-state index contributed by atoms with van der Waals surface area (Å²) in [6.45, 7) is 0. The molecule has 34 heavy (non-hydrogen) atoms. The highest BCUT2D eigenvalue weighted by atomic mass is 16.2. The van der Waals surface area contributed by atoms with E-state index >= 15 is 0 Å². The molecule has 0 fully saturated rings. The molecule has 4 aromatic carbocycles. The van der Waals surface area contributed by atoms with Gasteiger partial charge < -0.3 is 0 Å². The molecule has 1 N–H and O–H groups in total. The maximum absolute atomic E-state index is 13.3. The Balaban J connectivity index is 1.61. The van der Waals surface area contributed by atoms with Crippen LogP contribution in [0.1, 0.15) is 28.2 Å². The second-order valence-electron chi connectivity index (χ2n) is 7.76. The molecule has 0 unspecified atom stereocenters. The molecule has 3 nitrogen and oxygen atoms in total. The Kier molecular flexibility index (Phi) is 7.96. The van der Waals surface area contributed by atoms with Crippen LogP contribution in [0.3, 0.4) is 0 Å². The number of nitrogens with one attached hydrogen (secondary N) is 1. The Morgan fingerprint density at radius 1 is 0.588 bits per heavy atom. The third-order valence-corrected chi connectivity index (χ3v) is 5.32. The van der Waals surface area contributed by atoms with E-state index in [9.17, 15) is 4.79 Å². The minimum Gasteiger partial charge on any atom is -0.272 e. The van der Waals surface area contributed by atoms with Gasteiger partial charge in [0.1, 0.15) is 0 Å². The average molecular weight is 443 g/mol. The zero-order valence-electron chi connectivity index (χ0n) is 18.8. The fourth-order valence-electron chi connectivity index (χ4n) is 3.59. The molecule has 0 saturated heterocycles. The molecule has 1 amide bonds. The molecule has 3 heteroatoms. The van der Waals surface area contributed by atoms with Gasteiger partial charge in [0, 0.05) is 0 Å². The first-order chi connectivity index (χ1) is 16.8. The van der Waals surface area contributed by atoms with Gasteiger partial charge in [-0.1, -0.05) is 133 Å². The summed E-state index contributed by atoms with van der Waals surface area (Å²) >= 11 is 0. The fourth-order valence-corrected chi connectivity index (χ4v) is 3.59. The Morgan fingerprint density at radius 3 is 1.38 bits per heavy atom. The molecule has 0 saturated carbocycles. The van der Waals surface area contributed by atoms with Gasteiger partial charge in [0.25, 0.3) is 5.91 Å². The third kappa shape index (κ3) is 6.50. The summed E-state index contributed by atoms with van der Waals surface area (Å²) in [4.78, 5) is 13.3. The number of allylic oxidation sites excluding steroid dienone is 2. The Labute approximate surface area is 200 Å². The molecular weight excluding hydrogens is 416 g/mol. The number of hydrogen-bond acceptors (Lipinski definition) is 2. The number of nitrogens with zero attached hydrogens (tertiary/aromatic N) is 1. The summed E-state index contributed by atoms with van der Waals surface area (Å²) in [5.41, 5.74) is 7.39. The van der Waals surface area contributed by atoms with E-state index < -0.39 is 5.92 Å². The quantitative estimate of drug-likeness (QED) is 0.239. The minimum absolute atomic E-state index is 0.184. The lowest BCUT2D eigenvalue weighted by Crippen LogP contribution is -2.27. The van der Waals surface area contributed by atoms with E-state index in [1.165, 1.54) is 0 Å². The Hall–Kier alpha value is -4.50. The topological polar surface area (TPSA) is 41.5 Å². The summed E-state index contributed by atoms with van der Waals surface area (Å²) in [6.07, 6.45) is 7.75. The van der Waals surface area contributed by atoms with Crippen LogP contribution in [0.5, 0.6) is 0 Å². The van der Waals surface area contributed by atoms with Gasteiger partial charge in [-0.15, -0.1) is 0 Å². The van der Waals surface area contributed by atoms with Crippen molar-refractivity contribution in [2.45, 2.75) is 5.92 Å². The standard InChI is InChI=1S/C31H26N2O/c34-31(30(27-17-9-3-10-18-27)28-19-11-4-12-20-28)33-32-29(23-21-25-13-5-1-6-14-25)24-22-26-15-7-2-8-16-26/h1-24,30H,(H,33,34). The summed E-state index contributed by atoms with van der Waals surface area (Å²) in [7, 11) is 0. The van der Waals surface area contributed by atoms with Crippen LogP contribution in [-0.4, -0.2) is 11.6 Å². The predicted octanol–water partition coefficient (Wildman–Crippen LogP) is 6.72. The second-order valence-corrected chi connectivity index (χ2v) is 7.76. The highest BCUT2D eigenvalue weighted by Crippen LogP contribution is 2.24. The molecule has 0 aliphatic heterocycles. The molecule has 4 aromatic rings. The lowest BCUT2D eigenvalue weighted by Gasteiger charge is -2.16. The van der Waals surface area contributed by atoms with Crippen LogP contribution in [0.2, 0.25) is 0 Å². The summed E-state index contributed by atoms with van der Waals surface area (Å²) < 4.78 is 0. The van der Waals surface area contributed by atoms with Crippen LogP contribution in [-0.2, 0) is 4.79 Å². The average Bonchev–Trinajstić information content (AvgIpc) is 2.91. The zero-order chi connectivity index (χ0) is 23.4. The van der Waals surface area contributed by atoms with Crippen LogP contribution < -0.4 is 5.43 Å². The summed E-state index contributed by atoms with van der Waals surface area (Å²) in [5.74, 6) is -0.639. The molecule has 166 valence electrons. The molecule has 0 heterocycles. The predicted molar refractivity (Wildman–Crippen MR) is 141 cm³/mol. The van der Waals surface area contributed by atoms with Crippen LogP contribution in [0.15, 0.2) is 139 Å². The fraction of sp³-hybridized carbons (Fsp3) is 0.0323. The molecule has 0 atom stereocenters. The maximum atomic E-state index is 13.3. The van der Waals surface area contributed by atoms with Crippen molar-refractivity contribution in [3.8, 4) is 0 Å². The van der Waals surface area contributed by atoms with Crippen molar-refractivity contribution < 1.29 is 4.79 Å². The van der Waals surface area contributed by atoms with E-state index in [0.717, 1.165) is 22.3 Å². The number of benzene rings is 4. The maximum Gasteiger partial charge on any atom is 0.252 e. The van der Waals surface area contributed by atoms with Gasteiger partial charge in [-0.3, -0.25) is 4.79 Å². The van der Waals surface area contributed by atoms with Crippen molar-refractivity contribution in [1.29, 1.82) is 0 Å². The number of carbonyl (C=O) groups excluding carboxylic acids is 1. The number of hydrazone groups is 1. The SMILES string of the molecule is O=C(NN=C(C=Cc1ccccc1)C=Cc1ccccc1)C(c1ccccc1)c1ccccc1. The first-order valence-corrected chi connectivity index (χ1v) is 11.2. The van der Waals surface area contributed by atoms with Crippen molar-refractivity contribution in [3.63, 3.8) is 0 Å². The molecule has 0 aliphatic rings. The van der Waals surface area contributed by atoms with Crippen molar-refractivity contribution >= 4 is 23.8 Å². The van der Waals surface area contributed by atoms with Crippen LogP contribution in [0.25, 0.3) is 12.2 Å². The van der Waals surface area contributed by atoms with Crippen LogP contribution in [0.4, 0.5) is 0 Å². The van der Waals surface area contributed by atoms with Gasteiger partial charge in [-0.05, 0) is 34.4 Å². The molecule has 4 rings (SSSR count). The van der Waals surface area contributed by atoms with Gasteiger partial charge in [0.05, 0.1) is 11.6 Å². The van der Waals surface area contributed by atoms with Gasteiger partial charge >= 0.3 is 0 Å². The number of amides is 1. The van der Waals surface area contributed by atoms with E-state index in [1.807, 2.05) is 146 Å². The largest absolute Gasteiger partial charge is 0.272 e. The van der Waals surface area contributed by atoms with E-state index in [0.29, 0.717) is 5.71 Å². The molecule has 0 radical (unpaired) electrons. The lowest BCUT2D eigenvalue weighted by molar-refractivity contribution is -0.121. The molecule has 0 aliphatic carbocycles. The molecule has 0 spiro atoms. The van der Waals surface area contributed by atoms with Crippen molar-refractivity contribution in [2.75, 3.05) is 0 Å². The molecule has 0 aromatic heterocycles. The first kappa shape index (κ1) is 22.7. The normalized spacial score (nSPS) is 11.1. The second kappa shape index (κ2) is 11.9. The number of hydrogen-bond donors (Lipinski definition) is 1. The smallest absolute Gasteiger partial charge is 0.252 e. The molecular formula is C31H26N2O. The Morgan fingerprint density at radius 2 is 0.971 bits per heavy atom. The van der Waals surface area contributed by atoms with Crippen molar-refractivity contribution in [1.82, 2.24) is 5.43 Å². The van der Waals surface area contributed by atoms with E-state index in [2.05, 4.69) is 10.5 Å². The number of rotatable bonds is 8. The number of carbonyl (C=O) groups is 1. The van der Waals surface area contributed by atoms with Crippen molar-refractivity contribution in [3.05, 3.63) is 156 Å². The summed E-state index contributed by atoms with van der Waals surface area (Å²) in [5, 5.41) is 4.47.